The Morgan fingerprint density at radius 1 is 1.58 bits per heavy atom. The number of nitrogens with zero attached hydrogens (tertiary/aromatic N) is 1. The third kappa shape index (κ3) is 3.57. The number of hydrogen-bond acceptors (Lipinski definition) is 4. The smallest absolute Gasteiger partial charge is 0.310 e. The fourth-order valence-electron chi connectivity index (χ4n) is 2.22. The van der Waals surface area contributed by atoms with Gasteiger partial charge < -0.3 is 9.64 Å². The van der Waals surface area contributed by atoms with Crippen LogP contribution in [0.1, 0.15) is 30.1 Å². The Morgan fingerprint density at radius 2 is 2.37 bits per heavy atom. The largest absolute Gasteiger partial charge is 0.466 e. The molecule has 0 radical (unpaired) electrons. The van der Waals surface area contributed by atoms with Gasteiger partial charge in [0.05, 0.1) is 21.9 Å². The number of hydrogen-bond donors (Lipinski definition) is 0. The monoisotopic (exact) mass is 345 g/mol. The maximum Gasteiger partial charge on any atom is 0.310 e. The number of rotatable bonds is 3. The van der Waals surface area contributed by atoms with Gasteiger partial charge in [-0.05, 0) is 41.8 Å². The van der Waals surface area contributed by atoms with Gasteiger partial charge in [0.2, 0.25) is 0 Å². The Morgan fingerprint density at radius 3 is 3.00 bits per heavy atom. The third-order valence-electron chi connectivity index (χ3n) is 3.14. The van der Waals surface area contributed by atoms with E-state index in [1.54, 1.807) is 11.8 Å². The average molecular weight is 346 g/mol. The van der Waals surface area contributed by atoms with Gasteiger partial charge in [0.25, 0.3) is 5.91 Å². The standard InChI is InChI=1S/C13H16BrNO3S/c1-2-18-13(17)9-4-3-5-15(7-9)12(16)10-6-11(14)19-8-10/h6,8-9H,2-5,7H2,1H3/t9-/m0/s1. The van der Waals surface area contributed by atoms with E-state index in [2.05, 4.69) is 15.9 Å². The van der Waals surface area contributed by atoms with Gasteiger partial charge in [-0.15, -0.1) is 11.3 Å². The topological polar surface area (TPSA) is 46.6 Å². The van der Waals surface area contributed by atoms with E-state index in [-0.39, 0.29) is 17.8 Å². The van der Waals surface area contributed by atoms with Crippen LogP contribution in [0.25, 0.3) is 0 Å². The Labute approximate surface area is 124 Å². The second-order valence-electron chi connectivity index (χ2n) is 4.48. The van der Waals surface area contributed by atoms with E-state index in [0.717, 1.165) is 16.6 Å². The van der Waals surface area contributed by atoms with E-state index >= 15 is 0 Å². The van der Waals surface area contributed by atoms with Crippen LogP contribution in [0.5, 0.6) is 0 Å². The van der Waals surface area contributed by atoms with Crippen LogP contribution in [0.15, 0.2) is 15.2 Å². The van der Waals surface area contributed by atoms with Gasteiger partial charge in [0, 0.05) is 18.5 Å². The lowest BCUT2D eigenvalue weighted by atomic mass is 9.98. The van der Waals surface area contributed by atoms with Crippen LogP contribution >= 0.6 is 27.3 Å². The first-order chi connectivity index (χ1) is 9.11. The lowest BCUT2D eigenvalue weighted by Gasteiger charge is -2.31. The Bertz CT molecular complexity index is 474. The summed E-state index contributed by atoms with van der Waals surface area (Å²) < 4.78 is 5.98. The van der Waals surface area contributed by atoms with E-state index in [4.69, 9.17) is 4.74 Å². The molecule has 1 aliphatic rings. The highest BCUT2D eigenvalue weighted by Gasteiger charge is 2.29. The first-order valence-electron chi connectivity index (χ1n) is 6.31. The molecule has 1 aromatic heterocycles. The van der Waals surface area contributed by atoms with Crippen molar-refractivity contribution in [3.8, 4) is 0 Å². The van der Waals surface area contributed by atoms with Gasteiger partial charge in [-0.2, -0.15) is 0 Å². The Balaban J connectivity index is 2.01. The first-order valence-corrected chi connectivity index (χ1v) is 7.99. The van der Waals surface area contributed by atoms with E-state index in [1.165, 1.54) is 11.3 Å². The molecular formula is C13H16BrNO3S. The van der Waals surface area contributed by atoms with Crippen molar-refractivity contribution in [2.75, 3.05) is 19.7 Å². The average Bonchev–Trinajstić information content (AvgIpc) is 2.85. The normalized spacial score (nSPS) is 19.3. The molecule has 0 aromatic carbocycles. The number of likely N-dealkylation sites (tertiary alicyclic amines) is 1. The molecule has 1 fully saturated rings. The highest BCUT2D eigenvalue weighted by atomic mass is 79.9. The summed E-state index contributed by atoms with van der Waals surface area (Å²) in [5, 5.41) is 1.83. The summed E-state index contributed by atoms with van der Waals surface area (Å²) in [5.74, 6) is -0.373. The molecule has 1 aliphatic heterocycles. The molecule has 2 heterocycles. The second-order valence-corrected chi connectivity index (χ2v) is 6.77. The number of amides is 1. The van der Waals surface area contributed by atoms with E-state index in [0.29, 0.717) is 25.3 Å². The number of carbonyl (C=O) groups is 2. The molecule has 1 aromatic rings. The molecule has 0 N–H and O–H groups in total. The van der Waals surface area contributed by atoms with Crippen molar-refractivity contribution < 1.29 is 14.3 Å². The molecule has 2 rings (SSSR count). The van der Waals surface area contributed by atoms with Crippen molar-refractivity contribution in [1.29, 1.82) is 0 Å². The zero-order valence-electron chi connectivity index (χ0n) is 10.7. The number of esters is 1. The van der Waals surface area contributed by atoms with Gasteiger partial charge in [0.15, 0.2) is 0 Å². The summed E-state index contributed by atoms with van der Waals surface area (Å²) in [4.78, 5) is 25.8. The van der Waals surface area contributed by atoms with Gasteiger partial charge in [0.1, 0.15) is 0 Å². The van der Waals surface area contributed by atoms with Gasteiger partial charge in [-0.25, -0.2) is 0 Å². The van der Waals surface area contributed by atoms with Gasteiger partial charge in [-0.1, -0.05) is 0 Å². The first kappa shape index (κ1) is 14.5. The summed E-state index contributed by atoms with van der Waals surface area (Å²) >= 11 is 4.84. The van der Waals surface area contributed by atoms with Crippen LogP contribution in [-0.2, 0) is 9.53 Å². The molecular weight excluding hydrogens is 330 g/mol. The maximum atomic E-state index is 12.3. The fourth-order valence-corrected chi connectivity index (χ4v) is 3.35. The number of carbonyl (C=O) groups excluding carboxylic acids is 2. The molecule has 0 saturated carbocycles. The van der Waals surface area contributed by atoms with Crippen LogP contribution in [0, 0.1) is 5.92 Å². The van der Waals surface area contributed by atoms with Crippen LogP contribution in [-0.4, -0.2) is 36.5 Å². The highest BCUT2D eigenvalue weighted by molar-refractivity contribution is 9.11. The number of ether oxygens (including phenoxy) is 1. The van der Waals surface area contributed by atoms with E-state index < -0.39 is 0 Å². The van der Waals surface area contributed by atoms with E-state index in [9.17, 15) is 9.59 Å². The number of halogens is 1. The molecule has 6 heteroatoms. The minimum absolute atomic E-state index is 0.00375. The molecule has 0 unspecified atom stereocenters. The molecule has 19 heavy (non-hydrogen) atoms. The lowest BCUT2D eigenvalue weighted by Crippen LogP contribution is -2.42. The summed E-state index contributed by atoms with van der Waals surface area (Å²) in [6.07, 6.45) is 1.65. The molecule has 0 bridgehead atoms. The summed E-state index contributed by atoms with van der Waals surface area (Å²) in [6.45, 7) is 3.36. The summed E-state index contributed by atoms with van der Waals surface area (Å²) in [6, 6.07) is 1.82. The Kier molecular flexibility index (Phi) is 4.99. The van der Waals surface area contributed by atoms with Crippen molar-refractivity contribution >= 4 is 39.1 Å². The number of piperidine rings is 1. The predicted molar refractivity (Wildman–Crippen MR) is 77.3 cm³/mol. The van der Waals surface area contributed by atoms with Gasteiger partial charge in [-0.3, -0.25) is 9.59 Å². The zero-order valence-corrected chi connectivity index (χ0v) is 13.1. The van der Waals surface area contributed by atoms with Crippen LogP contribution in [0.2, 0.25) is 0 Å². The second kappa shape index (κ2) is 6.52. The van der Waals surface area contributed by atoms with Crippen molar-refractivity contribution in [2.45, 2.75) is 19.8 Å². The Hall–Kier alpha value is -0.880. The quantitative estimate of drug-likeness (QED) is 0.791. The molecule has 0 spiro atoms. The molecule has 0 aliphatic carbocycles. The zero-order chi connectivity index (χ0) is 13.8. The molecule has 1 amide bonds. The van der Waals surface area contributed by atoms with Crippen LogP contribution in [0.4, 0.5) is 0 Å². The van der Waals surface area contributed by atoms with E-state index in [1.807, 2.05) is 11.4 Å². The number of thiophene rings is 1. The van der Waals surface area contributed by atoms with Crippen LogP contribution < -0.4 is 0 Å². The molecule has 4 nitrogen and oxygen atoms in total. The SMILES string of the molecule is CCOC(=O)[C@H]1CCCN(C(=O)c2csc(Br)c2)C1. The summed E-state index contributed by atoms with van der Waals surface area (Å²) in [5.41, 5.74) is 0.682. The molecule has 1 atom stereocenters. The van der Waals surface area contributed by atoms with Crippen LogP contribution in [0.3, 0.4) is 0 Å². The highest BCUT2D eigenvalue weighted by Crippen LogP contribution is 2.24. The maximum absolute atomic E-state index is 12.3. The van der Waals surface area contributed by atoms with Crippen molar-refractivity contribution in [3.05, 3.63) is 20.8 Å². The predicted octanol–water partition coefficient (Wildman–Crippen LogP) is 2.93. The lowest BCUT2D eigenvalue weighted by molar-refractivity contribution is -0.149. The van der Waals surface area contributed by atoms with Crippen molar-refractivity contribution in [1.82, 2.24) is 4.90 Å². The van der Waals surface area contributed by atoms with Crippen molar-refractivity contribution in [3.63, 3.8) is 0 Å². The fraction of sp³-hybridized carbons (Fsp3) is 0.538. The molecule has 104 valence electrons. The summed E-state index contributed by atoms with van der Waals surface area (Å²) in [7, 11) is 0. The minimum Gasteiger partial charge on any atom is -0.466 e. The molecule has 1 saturated heterocycles. The third-order valence-corrected chi connectivity index (χ3v) is 4.65. The van der Waals surface area contributed by atoms with Gasteiger partial charge >= 0.3 is 5.97 Å². The minimum atomic E-state index is -0.188. The van der Waals surface area contributed by atoms with Crippen molar-refractivity contribution in [2.24, 2.45) is 5.92 Å².